The summed E-state index contributed by atoms with van der Waals surface area (Å²) < 4.78 is 2.37. The fraction of sp³-hybridized carbons (Fsp3) is 0. The SMILES string of the molecule is [C-]#[N+]c1ccccc1-c1cc(-c2nc(-c3ccccc3)cc(-c3ccccc3)n2)cc(-n2c3cc(-c4ccccc4)ccc3c3ccc(-c4ccccc4)cc32)c1. The lowest BCUT2D eigenvalue weighted by Crippen LogP contribution is -1.99. The first-order valence-corrected chi connectivity index (χ1v) is 19.0. The van der Waals surface area contributed by atoms with E-state index in [1.165, 1.54) is 0 Å². The highest BCUT2D eigenvalue weighted by Crippen LogP contribution is 2.41. The summed E-state index contributed by atoms with van der Waals surface area (Å²) in [6.07, 6.45) is 0. The maximum atomic E-state index is 8.11. The average Bonchev–Trinajstić information content (AvgIpc) is 3.63. The Morgan fingerprint density at radius 2 is 0.825 bits per heavy atom. The van der Waals surface area contributed by atoms with Crippen molar-refractivity contribution in [3.8, 4) is 73.0 Å². The highest BCUT2D eigenvalue weighted by Gasteiger charge is 2.19. The quantitative estimate of drug-likeness (QED) is 0.153. The Morgan fingerprint density at radius 1 is 0.368 bits per heavy atom. The third-order valence-electron chi connectivity index (χ3n) is 10.6. The van der Waals surface area contributed by atoms with Crippen LogP contribution >= 0.6 is 0 Å². The monoisotopic (exact) mass is 726 g/mol. The molecule has 10 rings (SSSR count). The molecule has 0 aliphatic rings. The predicted octanol–water partition coefficient (Wildman–Crippen LogP) is 14.1. The second-order valence-corrected chi connectivity index (χ2v) is 14.1. The normalized spacial score (nSPS) is 11.1. The Morgan fingerprint density at radius 3 is 1.33 bits per heavy atom. The smallest absolute Gasteiger partial charge is 0.194 e. The Bertz CT molecular complexity index is 2950. The van der Waals surface area contributed by atoms with E-state index >= 15 is 0 Å². The van der Waals surface area contributed by atoms with Crippen molar-refractivity contribution in [2.75, 3.05) is 0 Å². The fourth-order valence-electron chi connectivity index (χ4n) is 7.85. The van der Waals surface area contributed by atoms with Gasteiger partial charge in [0.2, 0.25) is 0 Å². The molecular weight excluding hydrogens is 693 g/mol. The molecule has 0 saturated heterocycles. The number of fused-ring (bicyclic) bond motifs is 3. The van der Waals surface area contributed by atoms with E-state index in [4.69, 9.17) is 16.5 Å². The molecule has 2 heterocycles. The highest BCUT2D eigenvalue weighted by atomic mass is 15.0. The Hall–Kier alpha value is -7.87. The molecule has 0 aliphatic heterocycles. The van der Waals surface area contributed by atoms with Gasteiger partial charge in [0.05, 0.1) is 29.0 Å². The lowest BCUT2D eigenvalue weighted by Gasteiger charge is -2.16. The lowest BCUT2D eigenvalue weighted by atomic mass is 9.99. The molecular formula is C53H34N4. The first kappa shape index (κ1) is 33.7. The van der Waals surface area contributed by atoms with Gasteiger partial charge in [-0.2, -0.15) is 0 Å². The second-order valence-electron chi connectivity index (χ2n) is 14.1. The summed E-state index contributed by atoms with van der Waals surface area (Å²) >= 11 is 0. The van der Waals surface area contributed by atoms with Crippen molar-refractivity contribution in [1.82, 2.24) is 14.5 Å². The zero-order valence-electron chi connectivity index (χ0n) is 30.9. The third kappa shape index (κ3) is 6.34. The standard InChI is InChI=1S/C53H34N4/c1-54-48-25-15-14-24-45(48)42-30-43(53-55-49(38-20-10-4-11-21-38)35-50(56-53)39-22-12-5-13-23-39)32-44(31-42)57-51-33-40(36-16-6-2-7-17-36)26-28-46(51)47-29-27-41(34-52(47)57)37-18-8-3-9-19-37/h2-35H. The summed E-state index contributed by atoms with van der Waals surface area (Å²) in [5.74, 6) is 0.606. The number of hydrogen-bond donors (Lipinski definition) is 0. The molecule has 0 bridgehead atoms. The van der Waals surface area contributed by atoms with Crippen LogP contribution in [0.3, 0.4) is 0 Å². The minimum absolute atomic E-state index is 0.587. The maximum Gasteiger partial charge on any atom is 0.194 e. The van der Waals surface area contributed by atoms with E-state index in [0.29, 0.717) is 11.5 Å². The predicted molar refractivity (Wildman–Crippen MR) is 235 cm³/mol. The van der Waals surface area contributed by atoms with Crippen molar-refractivity contribution in [1.29, 1.82) is 0 Å². The van der Waals surface area contributed by atoms with Crippen molar-refractivity contribution in [3.05, 3.63) is 218 Å². The van der Waals surface area contributed by atoms with Crippen LogP contribution in [0.25, 0.3) is 99.6 Å². The molecule has 4 heteroatoms. The van der Waals surface area contributed by atoms with Crippen molar-refractivity contribution in [3.63, 3.8) is 0 Å². The zero-order valence-corrected chi connectivity index (χ0v) is 30.9. The molecule has 0 spiro atoms. The van der Waals surface area contributed by atoms with Crippen LogP contribution in [0.1, 0.15) is 0 Å². The molecule has 0 atom stereocenters. The van der Waals surface area contributed by atoms with E-state index < -0.39 is 0 Å². The first-order chi connectivity index (χ1) is 28.2. The van der Waals surface area contributed by atoms with Crippen LogP contribution in [0.15, 0.2) is 206 Å². The van der Waals surface area contributed by atoms with Gasteiger partial charge in [0, 0.05) is 33.2 Å². The number of benzene rings is 8. The minimum Gasteiger partial charge on any atom is -0.309 e. The summed E-state index contributed by atoms with van der Waals surface area (Å²) in [6.45, 7) is 8.11. The second kappa shape index (κ2) is 14.4. The van der Waals surface area contributed by atoms with E-state index in [-0.39, 0.29) is 0 Å². The molecule has 0 amide bonds. The van der Waals surface area contributed by atoms with Crippen LogP contribution in [0.4, 0.5) is 5.69 Å². The molecule has 10 aromatic rings. The summed E-state index contributed by atoms with van der Waals surface area (Å²) in [5, 5.41) is 2.32. The molecule has 0 radical (unpaired) electrons. The average molecular weight is 727 g/mol. The van der Waals surface area contributed by atoms with Gasteiger partial charge in [0.25, 0.3) is 0 Å². The van der Waals surface area contributed by atoms with Gasteiger partial charge in [-0.1, -0.05) is 170 Å². The molecule has 8 aromatic carbocycles. The van der Waals surface area contributed by atoms with Gasteiger partial charge < -0.3 is 4.57 Å². The number of rotatable bonds is 7. The van der Waals surface area contributed by atoms with Crippen LogP contribution in [-0.4, -0.2) is 14.5 Å². The van der Waals surface area contributed by atoms with E-state index in [1.807, 2.05) is 60.7 Å². The molecule has 0 saturated carbocycles. The number of hydrogen-bond acceptors (Lipinski definition) is 2. The van der Waals surface area contributed by atoms with Crippen LogP contribution in [0.5, 0.6) is 0 Å². The number of aromatic nitrogens is 3. The van der Waals surface area contributed by atoms with Crippen LogP contribution < -0.4 is 0 Å². The minimum atomic E-state index is 0.587. The molecule has 0 N–H and O–H groups in total. The van der Waals surface area contributed by atoms with Crippen LogP contribution in [-0.2, 0) is 0 Å². The summed E-state index contributed by atoms with van der Waals surface area (Å²) in [4.78, 5) is 14.5. The van der Waals surface area contributed by atoms with Crippen LogP contribution in [0, 0.1) is 6.57 Å². The van der Waals surface area contributed by atoms with Gasteiger partial charge in [0.15, 0.2) is 11.5 Å². The van der Waals surface area contributed by atoms with E-state index in [1.54, 1.807) is 0 Å². The fourth-order valence-corrected chi connectivity index (χ4v) is 7.85. The van der Waals surface area contributed by atoms with Gasteiger partial charge in [-0.25, -0.2) is 14.8 Å². The van der Waals surface area contributed by atoms with Crippen molar-refractivity contribution in [2.45, 2.75) is 0 Å². The van der Waals surface area contributed by atoms with Crippen molar-refractivity contribution >= 4 is 27.5 Å². The van der Waals surface area contributed by atoms with Gasteiger partial charge in [-0.05, 0) is 69.8 Å². The summed E-state index contributed by atoms with van der Waals surface area (Å²) in [5.41, 5.74) is 14.6. The molecule has 0 unspecified atom stereocenters. The zero-order chi connectivity index (χ0) is 38.1. The largest absolute Gasteiger partial charge is 0.309 e. The van der Waals surface area contributed by atoms with E-state index in [2.05, 4.69) is 155 Å². The molecule has 2 aromatic heterocycles. The van der Waals surface area contributed by atoms with E-state index in [9.17, 15) is 0 Å². The maximum absolute atomic E-state index is 8.11. The van der Waals surface area contributed by atoms with Gasteiger partial charge in [-0.15, -0.1) is 0 Å². The van der Waals surface area contributed by atoms with Gasteiger partial charge in [-0.3, -0.25) is 0 Å². The van der Waals surface area contributed by atoms with Crippen molar-refractivity contribution in [2.24, 2.45) is 0 Å². The van der Waals surface area contributed by atoms with Gasteiger partial charge >= 0.3 is 0 Å². The van der Waals surface area contributed by atoms with Crippen LogP contribution in [0.2, 0.25) is 0 Å². The van der Waals surface area contributed by atoms with Gasteiger partial charge in [0.1, 0.15) is 0 Å². The number of nitrogens with zero attached hydrogens (tertiary/aromatic N) is 4. The number of para-hydroxylation sites is 1. The Kier molecular flexibility index (Phi) is 8.52. The lowest BCUT2D eigenvalue weighted by molar-refractivity contribution is 1.16. The third-order valence-corrected chi connectivity index (χ3v) is 10.6. The first-order valence-electron chi connectivity index (χ1n) is 19.0. The molecule has 0 fully saturated rings. The molecule has 266 valence electrons. The Balaban J connectivity index is 1.29. The van der Waals surface area contributed by atoms with Crippen molar-refractivity contribution < 1.29 is 0 Å². The summed E-state index contributed by atoms with van der Waals surface area (Å²) in [7, 11) is 0. The molecule has 57 heavy (non-hydrogen) atoms. The Labute approximate surface area is 331 Å². The summed E-state index contributed by atoms with van der Waals surface area (Å²) in [6, 6.07) is 71.5. The molecule has 4 nitrogen and oxygen atoms in total. The van der Waals surface area contributed by atoms with E-state index in [0.717, 1.165) is 89.0 Å². The highest BCUT2D eigenvalue weighted by molar-refractivity contribution is 6.11. The molecule has 0 aliphatic carbocycles. The topological polar surface area (TPSA) is 35.1 Å².